The van der Waals surface area contributed by atoms with Crippen LogP contribution in [-0.2, 0) is 10.0 Å². The summed E-state index contributed by atoms with van der Waals surface area (Å²) in [6, 6.07) is 7.49. The van der Waals surface area contributed by atoms with Crippen LogP contribution in [0.25, 0.3) is 0 Å². The van der Waals surface area contributed by atoms with E-state index < -0.39 is 10.0 Å². The molecule has 3 rings (SSSR count). The van der Waals surface area contributed by atoms with E-state index in [1.165, 1.54) is 0 Å². The smallest absolute Gasteiger partial charge is 0.212 e. The maximum absolute atomic E-state index is 12.4. The fourth-order valence-electron chi connectivity index (χ4n) is 3.09. The van der Waals surface area contributed by atoms with E-state index in [-0.39, 0.29) is 17.7 Å². The van der Waals surface area contributed by atoms with Crippen LogP contribution in [0.3, 0.4) is 0 Å². The predicted octanol–water partition coefficient (Wildman–Crippen LogP) is 1.43. The second-order valence-electron chi connectivity index (χ2n) is 5.82. The Labute approximate surface area is 126 Å². The summed E-state index contributed by atoms with van der Waals surface area (Å²) < 4.78 is 33.3. The lowest BCUT2D eigenvalue weighted by Crippen LogP contribution is -2.38. The highest BCUT2D eigenvalue weighted by atomic mass is 32.2. The van der Waals surface area contributed by atoms with Gasteiger partial charge in [0.2, 0.25) is 10.0 Å². The van der Waals surface area contributed by atoms with Crippen LogP contribution in [0.5, 0.6) is 5.75 Å². The van der Waals surface area contributed by atoms with Gasteiger partial charge in [-0.05, 0) is 37.9 Å². The summed E-state index contributed by atoms with van der Waals surface area (Å²) in [4.78, 5) is 0. The average molecular weight is 310 g/mol. The molecule has 1 atom stereocenters. The molecule has 2 N–H and O–H groups in total. The normalized spacial score (nSPS) is 23.3. The molecular formula is C15H22N2O3S. The number of fused-ring (bicyclic) bond motifs is 1. The Balaban J connectivity index is 1.68. The minimum absolute atomic E-state index is 0.165. The van der Waals surface area contributed by atoms with Crippen LogP contribution < -0.4 is 14.8 Å². The molecule has 0 aromatic heterocycles. The third-order valence-corrected chi connectivity index (χ3v) is 5.75. The van der Waals surface area contributed by atoms with Crippen LogP contribution in [0.15, 0.2) is 24.3 Å². The number of sulfonamides is 1. The molecule has 5 nitrogen and oxygen atoms in total. The highest BCUT2D eigenvalue weighted by molar-refractivity contribution is 7.89. The van der Waals surface area contributed by atoms with E-state index in [1.807, 2.05) is 24.3 Å². The zero-order chi connectivity index (χ0) is 14.7. The first-order valence-corrected chi connectivity index (χ1v) is 9.22. The lowest BCUT2D eigenvalue weighted by atomic mass is 10.0. The van der Waals surface area contributed by atoms with Gasteiger partial charge in [-0.3, -0.25) is 0 Å². The summed E-state index contributed by atoms with van der Waals surface area (Å²) in [6.07, 6.45) is 2.55. The Bertz CT molecular complexity index is 582. The summed E-state index contributed by atoms with van der Waals surface area (Å²) in [7, 11) is -3.26. The Morgan fingerprint density at radius 1 is 1.19 bits per heavy atom. The molecule has 0 radical (unpaired) electrons. The standard InChI is InChI=1S/C15H22N2O3S/c18-21(19,11-12-5-8-16-9-6-12)17-14-7-10-20-15-4-2-1-3-13(14)15/h1-4,12,14,16-17H,5-11H2. The second-order valence-corrected chi connectivity index (χ2v) is 7.62. The molecule has 6 heteroatoms. The van der Waals surface area contributed by atoms with Gasteiger partial charge in [-0.1, -0.05) is 18.2 Å². The number of benzene rings is 1. The molecule has 0 bridgehead atoms. The van der Waals surface area contributed by atoms with Crippen LogP contribution >= 0.6 is 0 Å². The monoisotopic (exact) mass is 310 g/mol. The van der Waals surface area contributed by atoms with Crippen molar-refractivity contribution in [3.63, 3.8) is 0 Å². The molecule has 1 aromatic carbocycles. The van der Waals surface area contributed by atoms with E-state index in [4.69, 9.17) is 4.74 Å². The molecule has 1 saturated heterocycles. The molecule has 0 amide bonds. The third-order valence-electron chi connectivity index (χ3n) is 4.19. The Hall–Kier alpha value is -1.11. The quantitative estimate of drug-likeness (QED) is 0.883. The van der Waals surface area contributed by atoms with Gasteiger partial charge in [0, 0.05) is 12.0 Å². The van der Waals surface area contributed by atoms with Crippen LogP contribution in [0, 0.1) is 5.92 Å². The summed E-state index contributed by atoms with van der Waals surface area (Å²) in [6.45, 7) is 2.39. The van der Waals surface area contributed by atoms with Crippen molar-refractivity contribution in [1.29, 1.82) is 0 Å². The minimum Gasteiger partial charge on any atom is -0.493 e. The van der Waals surface area contributed by atoms with Gasteiger partial charge >= 0.3 is 0 Å². The van der Waals surface area contributed by atoms with Crippen LogP contribution in [0.4, 0.5) is 0 Å². The average Bonchev–Trinajstić information content (AvgIpc) is 2.48. The van der Waals surface area contributed by atoms with Crippen molar-refractivity contribution in [1.82, 2.24) is 10.0 Å². The maximum Gasteiger partial charge on any atom is 0.212 e. The number of rotatable bonds is 4. The SMILES string of the molecule is O=S(=O)(CC1CCNCC1)NC1CCOc2ccccc21. The molecule has 2 heterocycles. The second kappa shape index (κ2) is 6.34. The summed E-state index contributed by atoms with van der Waals surface area (Å²) in [5.41, 5.74) is 0.942. The van der Waals surface area contributed by atoms with Gasteiger partial charge in [0.05, 0.1) is 18.4 Å². The fraction of sp³-hybridized carbons (Fsp3) is 0.600. The van der Waals surface area contributed by atoms with Gasteiger partial charge in [0.15, 0.2) is 0 Å². The summed E-state index contributed by atoms with van der Waals surface area (Å²) in [5.74, 6) is 1.28. The van der Waals surface area contributed by atoms with Crippen LogP contribution in [0.2, 0.25) is 0 Å². The van der Waals surface area contributed by atoms with Crippen molar-refractivity contribution in [3.05, 3.63) is 29.8 Å². The Kier molecular flexibility index (Phi) is 4.47. The predicted molar refractivity (Wildman–Crippen MR) is 81.8 cm³/mol. The van der Waals surface area contributed by atoms with Crippen molar-refractivity contribution in [2.45, 2.75) is 25.3 Å². The molecule has 2 aliphatic heterocycles. The zero-order valence-corrected chi connectivity index (χ0v) is 12.9. The first kappa shape index (κ1) is 14.8. The third kappa shape index (κ3) is 3.75. The van der Waals surface area contributed by atoms with Crippen molar-refractivity contribution in [2.24, 2.45) is 5.92 Å². The van der Waals surface area contributed by atoms with E-state index in [0.29, 0.717) is 13.0 Å². The number of ether oxygens (including phenoxy) is 1. The molecule has 21 heavy (non-hydrogen) atoms. The Morgan fingerprint density at radius 3 is 2.76 bits per heavy atom. The molecule has 0 spiro atoms. The molecule has 1 fully saturated rings. The lowest BCUT2D eigenvalue weighted by molar-refractivity contribution is 0.263. The first-order chi connectivity index (χ1) is 10.1. The molecular weight excluding hydrogens is 288 g/mol. The summed E-state index contributed by atoms with van der Waals surface area (Å²) >= 11 is 0. The lowest BCUT2D eigenvalue weighted by Gasteiger charge is -2.28. The highest BCUT2D eigenvalue weighted by Gasteiger charge is 2.27. The van der Waals surface area contributed by atoms with E-state index in [1.54, 1.807) is 0 Å². The highest BCUT2D eigenvalue weighted by Crippen LogP contribution is 2.32. The fourth-order valence-corrected chi connectivity index (χ4v) is 4.82. The van der Waals surface area contributed by atoms with Gasteiger partial charge in [0.25, 0.3) is 0 Å². The Morgan fingerprint density at radius 2 is 1.95 bits per heavy atom. The number of para-hydroxylation sites is 1. The van der Waals surface area contributed by atoms with E-state index in [9.17, 15) is 8.42 Å². The van der Waals surface area contributed by atoms with Crippen molar-refractivity contribution in [2.75, 3.05) is 25.4 Å². The topological polar surface area (TPSA) is 67.4 Å². The molecule has 116 valence electrons. The van der Waals surface area contributed by atoms with Crippen LogP contribution in [-0.4, -0.2) is 33.9 Å². The molecule has 2 aliphatic rings. The van der Waals surface area contributed by atoms with Crippen molar-refractivity contribution < 1.29 is 13.2 Å². The van der Waals surface area contributed by atoms with Gasteiger partial charge < -0.3 is 10.1 Å². The zero-order valence-electron chi connectivity index (χ0n) is 12.0. The first-order valence-electron chi connectivity index (χ1n) is 7.56. The van der Waals surface area contributed by atoms with E-state index >= 15 is 0 Å². The summed E-state index contributed by atoms with van der Waals surface area (Å²) in [5, 5.41) is 3.26. The number of hydrogen-bond donors (Lipinski definition) is 2. The van der Waals surface area contributed by atoms with Crippen molar-refractivity contribution in [3.8, 4) is 5.75 Å². The molecule has 0 saturated carbocycles. The van der Waals surface area contributed by atoms with E-state index in [0.717, 1.165) is 37.2 Å². The van der Waals surface area contributed by atoms with E-state index in [2.05, 4.69) is 10.0 Å². The number of piperidine rings is 1. The van der Waals surface area contributed by atoms with Crippen molar-refractivity contribution >= 4 is 10.0 Å². The minimum atomic E-state index is -3.26. The van der Waals surface area contributed by atoms with Gasteiger partial charge in [0.1, 0.15) is 5.75 Å². The van der Waals surface area contributed by atoms with Gasteiger partial charge in [-0.2, -0.15) is 0 Å². The number of nitrogens with one attached hydrogen (secondary N) is 2. The molecule has 1 unspecified atom stereocenters. The van der Waals surface area contributed by atoms with Gasteiger partial charge in [-0.25, -0.2) is 13.1 Å². The molecule has 1 aromatic rings. The molecule has 0 aliphatic carbocycles. The van der Waals surface area contributed by atoms with Gasteiger partial charge in [-0.15, -0.1) is 0 Å². The maximum atomic E-state index is 12.4. The number of hydrogen-bond acceptors (Lipinski definition) is 4. The van der Waals surface area contributed by atoms with Crippen LogP contribution in [0.1, 0.15) is 30.9 Å². The largest absolute Gasteiger partial charge is 0.493 e.